The molecule has 4 aromatic rings. The fourth-order valence-corrected chi connectivity index (χ4v) is 4.60. The van der Waals surface area contributed by atoms with Gasteiger partial charge >= 0.3 is 11.2 Å². The summed E-state index contributed by atoms with van der Waals surface area (Å²) in [5.74, 6) is -0.698. The zero-order valence-corrected chi connectivity index (χ0v) is 16.2. The highest BCUT2D eigenvalue weighted by atomic mass is 32.1. The van der Waals surface area contributed by atoms with Crippen LogP contribution in [0.4, 0.5) is 0 Å². The second kappa shape index (κ2) is 6.54. The fourth-order valence-electron chi connectivity index (χ4n) is 3.45. The summed E-state index contributed by atoms with van der Waals surface area (Å²) >= 11 is 6.87. The van der Waals surface area contributed by atoms with Crippen LogP contribution < -0.4 is 21.5 Å². The molecule has 1 unspecified atom stereocenters. The quantitative estimate of drug-likeness (QED) is 0.377. The first-order chi connectivity index (χ1) is 14.0. The van der Waals surface area contributed by atoms with E-state index in [0.29, 0.717) is 11.4 Å². The minimum absolute atomic E-state index is 0.0189. The second-order valence-corrected chi connectivity index (χ2v) is 7.72. The normalized spacial score (nSPS) is 14.7. The minimum Gasteiger partial charge on any atom is -0.433 e. The molecule has 5 rings (SSSR count). The van der Waals surface area contributed by atoms with Gasteiger partial charge in [0.05, 0.1) is 22.9 Å². The Morgan fingerprint density at radius 3 is 2.52 bits per heavy atom. The van der Waals surface area contributed by atoms with Gasteiger partial charge in [0.15, 0.2) is 4.77 Å². The van der Waals surface area contributed by atoms with E-state index >= 15 is 0 Å². The summed E-state index contributed by atoms with van der Waals surface area (Å²) in [6.07, 6.45) is 0. The predicted octanol–water partition coefficient (Wildman–Crippen LogP) is 2.62. The maximum atomic E-state index is 13.3. The van der Waals surface area contributed by atoms with Gasteiger partial charge in [-0.25, -0.2) is 4.79 Å². The molecule has 0 spiro atoms. The summed E-state index contributed by atoms with van der Waals surface area (Å²) in [4.78, 5) is 46.3. The molecule has 0 fully saturated rings. The third-order valence-corrected chi connectivity index (χ3v) is 5.88. The molecule has 0 saturated heterocycles. The van der Waals surface area contributed by atoms with Crippen molar-refractivity contribution >= 4 is 23.6 Å². The van der Waals surface area contributed by atoms with E-state index in [0.717, 1.165) is 4.88 Å². The van der Waals surface area contributed by atoms with Crippen LogP contribution in [0.5, 0.6) is 11.6 Å². The first-order valence-corrected chi connectivity index (χ1v) is 9.86. The first-order valence-electron chi connectivity index (χ1n) is 8.57. The van der Waals surface area contributed by atoms with Crippen LogP contribution in [0.1, 0.15) is 22.1 Å². The third kappa shape index (κ3) is 2.72. The van der Waals surface area contributed by atoms with E-state index in [9.17, 15) is 14.4 Å². The van der Waals surface area contributed by atoms with Gasteiger partial charge in [-0.1, -0.05) is 24.3 Å². The summed E-state index contributed by atoms with van der Waals surface area (Å²) in [7, 11) is 0. The van der Waals surface area contributed by atoms with Crippen molar-refractivity contribution in [3.8, 4) is 17.3 Å². The molecular formula is C19H12N4O4S2. The zero-order chi connectivity index (χ0) is 20.1. The van der Waals surface area contributed by atoms with Crippen molar-refractivity contribution in [2.75, 3.05) is 0 Å². The largest absolute Gasteiger partial charge is 0.433 e. The molecule has 0 radical (unpaired) electrons. The third-order valence-electron chi connectivity index (χ3n) is 4.65. The molecule has 4 heterocycles. The van der Waals surface area contributed by atoms with Crippen LogP contribution in [0, 0.1) is 4.77 Å². The van der Waals surface area contributed by atoms with Gasteiger partial charge in [-0.05, 0) is 35.8 Å². The van der Waals surface area contributed by atoms with Crippen molar-refractivity contribution in [3.63, 3.8) is 0 Å². The summed E-state index contributed by atoms with van der Waals surface area (Å²) in [6, 6.07) is 12.6. The van der Waals surface area contributed by atoms with E-state index in [1.165, 1.54) is 15.9 Å². The van der Waals surface area contributed by atoms with E-state index < -0.39 is 22.7 Å². The van der Waals surface area contributed by atoms with E-state index in [1.807, 2.05) is 23.6 Å². The van der Waals surface area contributed by atoms with Crippen molar-refractivity contribution < 1.29 is 4.74 Å². The van der Waals surface area contributed by atoms with E-state index in [4.69, 9.17) is 17.0 Å². The van der Waals surface area contributed by atoms with Crippen LogP contribution in [0.15, 0.2) is 62.2 Å². The molecule has 0 amide bonds. The number of hydrogen-bond acceptors (Lipinski definition) is 6. The number of para-hydroxylation sites is 1. The van der Waals surface area contributed by atoms with Gasteiger partial charge in [-0.2, -0.15) is 0 Å². The predicted molar refractivity (Wildman–Crippen MR) is 110 cm³/mol. The van der Waals surface area contributed by atoms with Crippen molar-refractivity contribution in [1.29, 1.82) is 0 Å². The van der Waals surface area contributed by atoms with Gasteiger partial charge in [0.1, 0.15) is 0 Å². The average molecular weight is 424 g/mol. The van der Waals surface area contributed by atoms with Crippen molar-refractivity contribution in [2.24, 2.45) is 0 Å². The molecule has 0 bridgehead atoms. The molecule has 0 saturated carbocycles. The summed E-state index contributed by atoms with van der Waals surface area (Å²) in [6.45, 7) is 0. The number of fused-ring (bicyclic) bond motifs is 2. The monoisotopic (exact) mass is 424 g/mol. The van der Waals surface area contributed by atoms with Crippen LogP contribution >= 0.6 is 23.6 Å². The zero-order valence-electron chi connectivity index (χ0n) is 14.6. The van der Waals surface area contributed by atoms with Gasteiger partial charge in [0.2, 0.25) is 11.6 Å². The van der Waals surface area contributed by atoms with Crippen LogP contribution in [-0.4, -0.2) is 19.5 Å². The van der Waals surface area contributed by atoms with Gasteiger partial charge in [-0.3, -0.25) is 24.1 Å². The molecule has 1 aromatic carbocycles. The number of H-pyrrole nitrogens is 3. The van der Waals surface area contributed by atoms with E-state index in [-0.39, 0.29) is 22.0 Å². The summed E-state index contributed by atoms with van der Waals surface area (Å²) in [5, 5.41) is 1.86. The Labute approximate surface area is 171 Å². The van der Waals surface area contributed by atoms with Crippen LogP contribution in [-0.2, 0) is 0 Å². The number of hydrogen-bond donors (Lipinski definition) is 3. The summed E-state index contributed by atoms with van der Waals surface area (Å²) in [5.41, 5.74) is -0.623. The van der Waals surface area contributed by atoms with Crippen LogP contribution in [0.2, 0.25) is 0 Å². The molecule has 0 aliphatic carbocycles. The Kier molecular flexibility index (Phi) is 3.96. The highest BCUT2D eigenvalue weighted by molar-refractivity contribution is 7.71. The number of ether oxygens (including phenoxy) is 1. The van der Waals surface area contributed by atoms with E-state index in [1.54, 1.807) is 24.3 Å². The Balaban J connectivity index is 1.86. The molecule has 10 heteroatoms. The number of aromatic nitrogens is 4. The smallest absolute Gasteiger partial charge is 0.328 e. The topological polar surface area (TPSA) is 113 Å². The molecule has 3 N–H and O–H groups in total. The first kappa shape index (κ1) is 17.6. The number of rotatable bonds is 2. The lowest BCUT2D eigenvalue weighted by atomic mass is 9.93. The molecule has 144 valence electrons. The van der Waals surface area contributed by atoms with Gasteiger partial charge in [0.25, 0.3) is 5.56 Å². The average Bonchev–Trinajstić information content (AvgIpc) is 3.22. The maximum Gasteiger partial charge on any atom is 0.328 e. The van der Waals surface area contributed by atoms with Gasteiger partial charge < -0.3 is 9.72 Å². The van der Waals surface area contributed by atoms with Crippen LogP contribution in [0.25, 0.3) is 5.69 Å². The SMILES string of the molecule is O=c1[nH]c2c(c(=O)[nH]1)C(c1cccs1)c1[nH]c(=S)n(-c3ccccc3)c(=O)c1O2. The molecule has 3 aromatic heterocycles. The molecule has 8 nitrogen and oxygen atoms in total. The number of thiophene rings is 1. The number of aromatic amines is 3. The van der Waals surface area contributed by atoms with Crippen molar-refractivity contribution in [2.45, 2.75) is 5.92 Å². The van der Waals surface area contributed by atoms with Crippen LogP contribution in [0.3, 0.4) is 0 Å². The van der Waals surface area contributed by atoms with Gasteiger partial charge in [-0.15, -0.1) is 11.3 Å². The number of nitrogens with zero attached hydrogens (tertiary/aromatic N) is 1. The standard InChI is InChI=1S/C19H12N4O4S2/c24-15-12-11(10-7-4-8-29-10)13-14(27-16(12)22-18(26)21-15)17(25)23(19(28)20-13)9-5-2-1-3-6-9/h1-8,11H,(H,20,28)(H2,21,22,24,26). The lowest BCUT2D eigenvalue weighted by Crippen LogP contribution is -2.34. The molecule has 1 atom stereocenters. The maximum absolute atomic E-state index is 13.3. The lowest BCUT2D eigenvalue weighted by molar-refractivity contribution is 0.412. The number of benzene rings is 1. The Morgan fingerprint density at radius 1 is 1.00 bits per heavy atom. The van der Waals surface area contributed by atoms with Crippen molar-refractivity contribution in [3.05, 3.63) is 99.9 Å². The van der Waals surface area contributed by atoms with Gasteiger partial charge in [0, 0.05) is 4.88 Å². The Hall–Kier alpha value is -3.50. The Bertz CT molecular complexity index is 1460. The molecular weight excluding hydrogens is 412 g/mol. The summed E-state index contributed by atoms with van der Waals surface area (Å²) < 4.78 is 7.22. The second-order valence-electron chi connectivity index (χ2n) is 6.35. The Morgan fingerprint density at radius 2 is 1.79 bits per heavy atom. The molecule has 1 aliphatic heterocycles. The fraction of sp³-hybridized carbons (Fsp3) is 0.0526. The molecule has 29 heavy (non-hydrogen) atoms. The van der Waals surface area contributed by atoms with E-state index in [2.05, 4.69) is 15.0 Å². The highest BCUT2D eigenvalue weighted by Crippen LogP contribution is 2.43. The number of nitrogens with one attached hydrogen (secondary N) is 3. The van der Waals surface area contributed by atoms with Crippen molar-refractivity contribution in [1.82, 2.24) is 19.5 Å². The minimum atomic E-state index is -0.714. The molecule has 1 aliphatic rings. The highest BCUT2D eigenvalue weighted by Gasteiger charge is 2.36. The lowest BCUT2D eigenvalue weighted by Gasteiger charge is -2.26.